The summed E-state index contributed by atoms with van der Waals surface area (Å²) in [6.45, 7) is 1.17. The van der Waals surface area contributed by atoms with Gasteiger partial charge in [0.05, 0.1) is 6.04 Å². The van der Waals surface area contributed by atoms with Crippen LogP contribution in [-0.2, 0) is 14.8 Å². The first-order valence-electron chi connectivity index (χ1n) is 4.71. The van der Waals surface area contributed by atoms with E-state index in [9.17, 15) is 22.0 Å². The molecule has 1 aromatic rings. The Morgan fingerprint density at radius 1 is 1.39 bits per heavy atom. The molecule has 0 saturated carbocycles. The first-order chi connectivity index (χ1) is 8.15. The molecule has 1 atom stereocenters. The number of hydrogen-bond donors (Lipinski definition) is 3. The van der Waals surface area contributed by atoms with Crippen molar-refractivity contribution in [3.05, 3.63) is 23.8 Å². The van der Waals surface area contributed by atoms with E-state index in [1.165, 1.54) is 6.92 Å². The SMILES string of the molecule is CC(NS(=O)(=O)c1cc(N)cc(F)c1F)C(N)=O. The topological polar surface area (TPSA) is 115 Å². The summed E-state index contributed by atoms with van der Waals surface area (Å²) in [6.07, 6.45) is 0. The largest absolute Gasteiger partial charge is 0.399 e. The number of carbonyl (C=O) groups is 1. The van der Waals surface area contributed by atoms with Crippen molar-refractivity contribution < 1.29 is 22.0 Å². The highest BCUT2D eigenvalue weighted by Crippen LogP contribution is 2.21. The smallest absolute Gasteiger partial charge is 0.244 e. The minimum Gasteiger partial charge on any atom is -0.399 e. The molecule has 0 bridgehead atoms. The van der Waals surface area contributed by atoms with Crippen LogP contribution < -0.4 is 16.2 Å². The Kier molecular flexibility index (Phi) is 3.87. The maximum atomic E-state index is 13.4. The standard InChI is InChI=1S/C9H11F2N3O3S/c1-4(9(13)15)14-18(16,17)7-3-5(12)2-6(10)8(7)11/h2-4,14H,12H2,1H3,(H2,13,15). The van der Waals surface area contributed by atoms with E-state index in [-0.39, 0.29) is 5.69 Å². The molecular weight excluding hydrogens is 268 g/mol. The Morgan fingerprint density at radius 2 is 1.94 bits per heavy atom. The number of nitrogens with two attached hydrogens (primary N) is 2. The van der Waals surface area contributed by atoms with Gasteiger partial charge in [0.1, 0.15) is 4.90 Å². The molecule has 0 fully saturated rings. The molecule has 0 aliphatic heterocycles. The maximum absolute atomic E-state index is 13.4. The van der Waals surface area contributed by atoms with Gasteiger partial charge < -0.3 is 11.5 Å². The Morgan fingerprint density at radius 3 is 2.44 bits per heavy atom. The molecule has 0 aliphatic rings. The first kappa shape index (κ1) is 14.3. The summed E-state index contributed by atoms with van der Waals surface area (Å²) in [6, 6.07) is 0.124. The van der Waals surface area contributed by atoms with Gasteiger partial charge in [-0.3, -0.25) is 4.79 Å². The fourth-order valence-electron chi connectivity index (χ4n) is 1.13. The molecule has 5 N–H and O–H groups in total. The third-order valence-electron chi connectivity index (χ3n) is 2.07. The highest BCUT2D eigenvalue weighted by Gasteiger charge is 2.25. The van der Waals surface area contributed by atoms with Crippen molar-refractivity contribution in [1.29, 1.82) is 0 Å². The van der Waals surface area contributed by atoms with Crippen LogP contribution in [-0.4, -0.2) is 20.4 Å². The second kappa shape index (κ2) is 4.86. The van der Waals surface area contributed by atoms with Gasteiger partial charge >= 0.3 is 0 Å². The lowest BCUT2D eigenvalue weighted by Crippen LogP contribution is -2.42. The van der Waals surface area contributed by atoms with E-state index in [1.807, 2.05) is 0 Å². The van der Waals surface area contributed by atoms with Crippen molar-refractivity contribution in [3.8, 4) is 0 Å². The van der Waals surface area contributed by atoms with Crippen molar-refractivity contribution in [3.63, 3.8) is 0 Å². The Labute approximate surface area is 102 Å². The monoisotopic (exact) mass is 279 g/mol. The van der Waals surface area contributed by atoms with Crippen LogP contribution >= 0.6 is 0 Å². The highest BCUT2D eigenvalue weighted by molar-refractivity contribution is 7.89. The summed E-state index contributed by atoms with van der Waals surface area (Å²) in [5.74, 6) is -3.93. The maximum Gasteiger partial charge on any atom is 0.244 e. The Hall–Kier alpha value is -1.74. The van der Waals surface area contributed by atoms with E-state index in [0.717, 1.165) is 6.07 Å². The molecular formula is C9H11F2N3O3S. The zero-order chi connectivity index (χ0) is 14.1. The van der Waals surface area contributed by atoms with Gasteiger partial charge in [-0.2, -0.15) is 4.72 Å². The van der Waals surface area contributed by atoms with Crippen LogP contribution in [0, 0.1) is 11.6 Å². The first-order valence-corrected chi connectivity index (χ1v) is 6.19. The summed E-state index contributed by atoms with van der Waals surface area (Å²) in [7, 11) is -4.43. The van der Waals surface area contributed by atoms with Crippen molar-refractivity contribution in [2.45, 2.75) is 17.9 Å². The summed E-state index contributed by atoms with van der Waals surface area (Å²) in [5.41, 5.74) is 9.82. The normalized spacial score (nSPS) is 13.3. The van der Waals surface area contributed by atoms with Crippen LogP contribution in [0.15, 0.2) is 17.0 Å². The molecule has 1 aromatic carbocycles. The van der Waals surface area contributed by atoms with Crippen molar-refractivity contribution in [2.75, 3.05) is 5.73 Å². The van der Waals surface area contributed by atoms with Gasteiger partial charge in [0.15, 0.2) is 11.6 Å². The van der Waals surface area contributed by atoms with Crippen molar-refractivity contribution in [1.82, 2.24) is 4.72 Å². The summed E-state index contributed by atoms with van der Waals surface area (Å²) < 4.78 is 51.6. The number of hydrogen-bond acceptors (Lipinski definition) is 4. The molecule has 0 aliphatic carbocycles. The van der Waals surface area contributed by atoms with Gasteiger partial charge in [0.25, 0.3) is 0 Å². The molecule has 6 nitrogen and oxygen atoms in total. The lowest BCUT2D eigenvalue weighted by molar-refractivity contribution is -0.119. The van der Waals surface area contributed by atoms with E-state index in [2.05, 4.69) is 0 Å². The minimum atomic E-state index is -4.43. The Bertz CT molecular complexity index is 589. The number of benzene rings is 1. The average molecular weight is 279 g/mol. The van der Waals surface area contributed by atoms with E-state index in [4.69, 9.17) is 11.5 Å². The van der Waals surface area contributed by atoms with Gasteiger partial charge in [0, 0.05) is 5.69 Å². The Balaban J connectivity index is 3.25. The number of nitrogen functional groups attached to an aromatic ring is 1. The van der Waals surface area contributed by atoms with Gasteiger partial charge in [-0.25, -0.2) is 17.2 Å². The second-order valence-corrected chi connectivity index (χ2v) is 5.24. The highest BCUT2D eigenvalue weighted by atomic mass is 32.2. The third kappa shape index (κ3) is 2.93. The number of nitrogens with one attached hydrogen (secondary N) is 1. The molecule has 100 valence electrons. The summed E-state index contributed by atoms with van der Waals surface area (Å²) >= 11 is 0. The fraction of sp³-hybridized carbons (Fsp3) is 0.222. The molecule has 0 saturated heterocycles. The van der Waals surface area contributed by atoms with Gasteiger partial charge in [-0.1, -0.05) is 0 Å². The molecule has 1 amide bonds. The van der Waals surface area contributed by atoms with E-state index in [0.29, 0.717) is 6.07 Å². The summed E-state index contributed by atoms with van der Waals surface area (Å²) in [4.78, 5) is 9.75. The van der Waals surface area contributed by atoms with Crippen LogP contribution in [0.1, 0.15) is 6.92 Å². The number of carbonyl (C=O) groups excluding carboxylic acids is 1. The van der Waals surface area contributed by atoms with Crippen molar-refractivity contribution in [2.24, 2.45) is 5.73 Å². The average Bonchev–Trinajstić information content (AvgIpc) is 2.22. The predicted molar refractivity (Wildman–Crippen MR) is 59.7 cm³/mol. The fourth-order valence-corrected chi connectivity index (χ4v) is 2.47. The van der Waals surface area contributed by atoms with Crippen molar-refractivity contribution >= 4 is 21.6 Å². The molecule has 1 unspecified atom stereocenters. The van der Waals surface area contributed by atoms with Gasteiger partial charge in [0.2, 0.25) is 15.9 Å². The third-order valence-corrected chi connectivity index (χ3v) is 3.61. The van der Waals surface area contributed by atoms with Crippen LogP contribution in [0.4, 0.5) is 14.5 Å². The molecule has 0 aromatic heterocycles. The van der Waals surface area contributed by atoms with Crippen LogP contribution in [0.25, 0.3) is 0 Å². The molecule has 1 rings (SSSR count). The summed E-state index contributed by atoms with van der Waals surface area (Å²) in [5, 5.41) is 0. The second-order valence-electron chi connectivity index (χ2n) is 3.56. The van der Waals surface area contributed by atoms with E-state index in [1.54, 1.807) is 4.72 Å². The minimum absolute atomic E-state index is 0.263. The lowest BCUT2D eigenvalue weighted by Gasteiger charge is -2.12. The molecule has 0 spiro atoms. The number of rotatable bonds is 4. The zero-order valence-corrected chi connectivity index (χ0v) is 10.1. The number of amides is 1. The molecule has 9 heteroatoms. The van der Waals surface area contributed by atoms with Crippen LogP contribution in [0.3, 0.4) is 0 Å². The van der Waals surface area contributed by atoms with Gasteiger partial charge in [-0.15, -0.1) is 0 Å². The lowest BCUT2D eigenvalue weighted by atomic mass is 10.3. The number of halogens is 2. The number of primary amides is 1. The molecule has 18 heavy (non-hydrogen) atoms. The van der Waals surface area contributed by atoms with Crippen LogP contribution in [0.2, 0.25) is 0 Å². The number of anilines is 1. The zero-order valence-electron chi connectivity index (χ0n) is 9.28. The van der Waals surface area contributed by atoms with Crippen LogP contribution in [0.5, 0.6) is 0 Å². The van der Waals surface area contributed by atoms with E-state index >= 15 is 0 Å². The van der Waals surface area contributed by atoms with Gasteiger partial charge in [-0.05, 0) is 19.1 Å². The van der Waals surface area contributed by atoms with E-state index < -0.39 is 38.5 Å². The quantitative estimate of drug-likeness (QED) is 0.656. The number of sulfonamides is 1. The molecule has 0 radical (unpaired) electrons. The molecule has 0 heterocycles. The predicted octanol–water partition coefficient (Wildman–Crippen LogP) is -0.301.